The number of nitrogens with one attached hydrogen (secondary N) is 2. The van der Waals surface area contributed by atoms with Crippen molar-refractivity contribution in [1.82, 2.24) is 10.6 Å². The van der Waals surface area contributed by atoms with E-state index in [9.17, 15) is 14.0 Å². The minimum atomic E-state index is -0.510. The summed E-state index contributed by atoms with van der Waals surface area (Å²) in [6, 6.07) is 13.2. The van der Waals surface area contributed by atoms with Crippen LogP contribution in [0.1, 0.15) is 42.6 Å². The largest absolute Gasteiger partial charge is 0.355 e. The molecule has 0 bridgehead atoms. The van der Waals surface area contributed by atoms with Gasteiger partial charge in [0.15, 0.2) is 0 Å². The van der Waals surface area contributed by atoms with Gasteiger partial charge in [0, 0.05) is 35.5 Å². The van der Waals surface area contributed by atoms with Crippen LogP contribution in [0, 0.1) is 5.82 Å². The van der Waals surface area contributed by atoms with Crippen molar-refractivity contribution < 1.29 is 14.0 Å². The third-order valence-electron chi connectivity index (χ3n) is 4.30. The molecule has 0 atom stereocenters. The van der Waals surface area contributed by atoms with Crippen molar-refractivity contribution in [3.8, 4) is 0 Å². The van der Waals surface area contributed by atoms with Gasteiger partial charge < -0.3 is 10.6 Å². The molecule has 0 aromatic heterocycles. The van der Waals surface area contributed by atoms with Crippen LogP contribution in [-0.2, 0) is 10.2 Å². The van der Waals surface area contributed by atoms with Gasteiger partial charge in [0.1, 0.15) is 5.82 Å². The predicted octanol–water partition coefficient (Wildman–Crippen LogP) is 4.08. The summed E-state index contributed by atoms with van der Waals surface area (Å²) >= 11 is 5.79. The lowest BCUT2D eigenvalue weighted by Crippen LogP contribution is -2.37. The van der Waals surface area contributed by atoms with Crippen LogP contribution in [0.4, 0.5) is 4.39 Å². The summed E-state index contributed by atoms with van der Waals surface area (Å²) in [5.74, 6) is -0.602. The van der Waals surface area contributed by atoms with E-state index in [1.165, 1.54) is 6.07 Å². The van der Waals surface area contributed by atoms with Crippen molar-refractivity contribution in [2.45, 2.75) is 32.1 Å². The molecule has 0 fully saturated rings. The molecule has 6 heteroatoms. The summed E-state index contributed by atoms with van der Waals surface area (Å²) in [7, 11) is 0. The highest BCUT2D eigenvalue weighted by atomic mass is 35.5. The van der Waals surface area contributed by atoms with Crippen molar-refractivity contribution in [2.24, 2.45) is 0 Å². The maximum atomic E-state index is 13.9. The molecule has 144 valence electrons. The Labute approximate surface area is 164 Å². The number of rotatable bonds is 8. The van der Waals surface area contributed by atoms with Gasteiger partial charge in [0.25, 0.3) is 5.91 Å². The number of amides is 2. The molecule has 0 heterocycles. The average Bonchev–Trinajstić information content (AvgIpc) is 2.64. The molecule has 0 unspecified atom stereocenters. The Morgan fingerprint density at radius 1 is 1.04 bits per heavy atom. The van der Waals surface area contributed by atoms with E-state index in [0.717, 1.165) is 0 Å². The molecule has 0 aliphatic rings. The van der Waals surface area contributed by atoms with Gasteiger partial charge in [-0.15, -0.1) is 0 Å². The summed E-state index contributed by atoms with van der Waals surface area (Å²) in [6.07, 6.45) is 0.805. The van der Waals surface area contributed by atoms with Crippen LogP contribution in [0.3, 0.4) is 0 Å². The van der Waals surface area contributed by atoms with Crippen molar-refractivity contribution in [3.05, 3.63) is 70.5 Å². The molecule has 0 radical (unpaired) electrons. The van der Waals surface area contributed by atoms with E-state index in [2.05, 4.69) is 10.6 Å². The zero-order valence-corrected chi connectivity index (χ0v) is 16.3. The maximum Gasteiger partial charge on any atom is 0.251 e. The zero-order chi connectivity index (χ0) is 19.9. The van der Waals surface area contributed by atoms with Gasteiger partial charge in [0.2, 0.25) is 5.91 Å². The van der Waals surface area contributed by atoms with Gasteiger partial charge in [-0.1, -0.05) is 43.6 Å². The topological polar surface area (TPSA) is 58.2 Å². The van der Waals surface area contributed by atoms with Crippen LogP contribution in [0.5, 0.6) is 0 Å². The normalized spacial score (nSPS) is 11.1. The van der Waals surface area contributed by atoms with E-state index < -0.39 is 5.41 Å². The van der Waals surface area contributed by atoms with Crippen LogP contribution in [0.15, 0.2) is 48.5 Å². The predicted molar refractivity (Wildman–Crippen MR) is 105 cm³/mol. The molecule has 2 N–H and O–H groups in total. The first-order chi connectivity index (χ1) is 12.8. The van der Waals surface area contributed by atoms with E-state index in [4.69, 9.17) is 11.6 Å². The molecule has 0 aliphatic carbocycles. The second kappa shape index (κ2) is 9.51. The highest BCUT2D eigenvalue weighted by Crippen LogP contribution is 2.24. The quantitative estimate of drug-likeness (QED) is 0.667. The maximum absolute atomic E-state index is 13.9. The minimum absolute atomic E-state index is 0.125. The minimum Gasteiger partial charge on any atom is -0.355 e. The smallest absolute Gasteiger partial charge is 0.251 e. The Balaban J connectivity index is 1.71. The molecular weight excluding hydrogens is 367 g/mol. The lowest BCUT2D eigenvalue weighted by atomic mass is 9.84. The lowest BCUT2D eigenvalue weighted by Gasteiger charge is -2.26. The molecule has 0 spiro atoms. The fourth-order valence-corrected chi connectivity index (χ4v) is 2.79. The van der Waals surface area contributed by atoms with Crippen molar-refractivity contribution in [3.63, 3.8) is 0 Å². The molecule has 2 aromatic rings. The Hall–Kier alpha value is -2.40. The Kier molecular flexibility index (Phi) is 7.36. The number of carbonyl (C=O) groups excluding carboxylic acids is 2. The molecular formula is C21H24ClFN2O2. The first kappa shape index (κ1) is 20.9. The van der Waals surface area contributed by atoms with Gasteiger partial charge >= 0.3 is 0 Å². The number of hydrogen-bond donors (Lipinski definition) is 2. The van der Waals surface area contributed by atoms with Crippen LogP contribution >= 0.6 is 11.6 Å². The summed E-state index contributed by atoms with van der Waals surface area (Å²) in [5, 5.41) is 6.18. The fourth-order valence-electron chi connectivity index (χ4n) is 2.67. The molecule has 2 amide bonds. The number of benzene rings is 2. The SMILES string of the molecule is CC(C)(CNC(=O)CCCNC(=O)c1ccc(Cl)cc1)c1ccccc1F. The van der Waals surface area contributed by atoms with Crippen LogP contribution < -0.4 is 10.6 Å². The molecule has 0 saturated carbocycles. The van der Waals surface area contributed by atoms with Crippen molar-refractivity contribution in [1.29, 1.82) is 0 Å². The van der Waals surface area contributed by atoms with E-state index >= 15 is 0 Å². The Bertz CT molecular complexity index is 791. The Morgan fingerprint density at radius 2 is 1.70 bits per heavy atom. The van der Waals surface area contributed by atoms with Crippen LogP contribution in [0.25, 0.3) is 0 Å². The van der Waals surface area contributed by atoms with Gasteiger partial charge in [-0.05, 0) is 42.3 Å². The van der Waals surface area contributed by atoms with E-state index in [1.54, 1.807) is 42.5 Å². The molecule has 0 aliphatic heterocycles. The van der Waals surface area contributed by atoms with E-state index in [0.29, 0.717) is 35.7 Å². The highest BCUT2D eigenvalue weighted by Gasteiger charge is 2.24. The number of halogens is 2. The molecule has 2 rings (SSSR count). The van der Waals surface area contributed by atoms with Gasteiger partial charge in [-0.3, -0.25) is 9.59 Å². The summed E-state index contributed by atoms with van der Waals surface area (Å²) in [5.41, 5.74) is 0.583. The molecule has 0 saturated heterocycles. The second-order valence-electron chi connectivity index (χ2n) is 7.01. The summed E-state index contributed by atoms with van der Waals surface area (Å²) in [4.78, 5) is 24.0. The summed E-state index contributed by atoms with van der Waals surface area (Å²) < 4.78 is 13.9. The Morgan fingerprint density at radius 3 is 2.37 bits per heavy atom. The van der Waals surface area contributed by atoms with Gasteiger partial charge in [0.05, 0.1) is 0 Å². The highest BCUT2D eigenvalue weighted by molar-refractivity contribution is 6.30. The first-order valence-electron chi connectivity index (χ1n) is 8.85. The lowest BCUT2D eigenvalue weighted by molar-refractivity contribution is -0.121. The van der Waals surface area contributed by atoms with Crippen LogP contribution in [-0.4, -0.2) is 24.9 Å². The average molecular weight is 391 g/mol. The van der Waals surface area contributed by atoms with E-state index in [-0.39, 0.29) is 24.1 Å². The molecule has 27 heavy (non-hydrogen) atoms. The first-order valence-corrected chi connectivity index (χ1v) is 9.23. The monoisotopic (exact) mass is 390 g/mol. The zero-order valence-electron chi connectivity index (χ0n) is 15.5. The fraction of sp³-hybridized carbons (Fsp3) is 0.333. The number of hydrogen-bond acceptors (Lipinski definition) is 2. The number of carbonyl (C=O) groups is 2. The standard InChI is InChI=1S/C21H24ClFN2O2/c1-21(2,17-6-3-4-7-18(17)23)14-25-19(26)8-5-13-24-20(27)15-9-11-16(22)12-10-15/h3-4,6-7,9-12H,5,8,13-14H2,1-2H3,(H,24,27)(H,25,26). The van der Waals surface area contributed by atoms with Gasteiger partial charge in [-0.25, -0.2) is 4.39 Å². The van der Waals surface area contributed by atoms with E-state index in [1.807, 2.05) is 13.8 Å². The third kappa shape index (κ3) is 6.36. The van der Waals surface area contributed by atoms with Gasteiger partial charge in [-0.2, -0.15) is 0 Å². The molecule has 4 nitrogen and oxygen atoms in total. The van der Waals surface area contributed by atoms with Crippen molar-refractivity contribution >= 4 is 23.4 Å². The molecule has 2 aromatic carbocycles. The van der Waals surface area contributed by atoms with Crippen LogP contribution in [0.2, 0.25) is 5.02 Å². The second-order valence-corrected chi connectivity index (χ2v) is 7.44. The third-order valence-corrected chi connectivity index (χ3v) is 4.56. The van der Waals surface area contributed by atoms with Crippen molar-refractivity contribution in [2.75, 3.05) is 13.1 Å². The summed E-state index contributed by atoms with van der Waals surface area (Å²) in [6.45, 7) is 4.51.